The number of benzene rings is 1. The van der Waals surface area contributed by atoms with E-state index in [4.69, 9.17) is 0 Å². The summed E-state index contributed by atoms with van der Waals surface area (Å²) in [5, 5.41) is 4.87. The molecule has 1 aromatic carbocycles. The minimum absolute atomic E-state index is 0. The fourth-order valence-corrected chi connectivity index (χ4v) is 3.52. The second kappa shape index (κ2) is 10.2. The second-order valence-corrected chi connectivity index (χ2v) is 6.08. The zero-order valence-corrected chi connectivity index (χ0v) is 15.5. The van der Waals surface area contributed by atoms with Crippen LogP contribution in [0.4, 0.5) is 0 Å². The smallest absolute Gasteiger partial charge is 0.0457 e. The van der Waals surface area contributed by atoms with Crippen LogP contribution in [0.2, 0.25) is 0 Å². The van der Waals surface area contributed by atoms with Gasteiger partial charge in [-0.25, -0.2) is 0 Å². The Morgan fingerprint density at radius 3 is 2.61 bits per heavy atom. The lowest BCUT2D eigenvalue weighted by molar-refractivity contribution is 0.164. The number of unbranched alkanes of at least 4 members (excludes halogenated alkanes) is 2. The number of aromatic amines is 1. The van der Waals surface area contributed by atoms with Gasteiger partial charge in [0.1, 0.15) is 0 Å². The van der Waals surface area contributed by atoms with Gasteiger partial charge in [0.25, 0.3) is 0 Å². The van der Waals surface area contributed by atoms with Crippen LogP contribution in [0.1, 0.15) is 44.2 Å². The monoisotopic (exact) mass is 357 g/mol. The molecular weight excluding hydrogens is 329 g/mol. The molecule has 2 aromatic rings. The molecule has 0 radical (unpaired) electrons. The lowest BCUT2D eigenvalue weighted by Gasteiger charge is -2.35. The molecule has 5 heteroatoms. The highest BCUT2D eigenvalue weighted by Crippen LogP contribution is 2.32. The molecule has 1 aliphatic rings. The van der Waals surface area contributed by atoms with Crippen molar-refractivity contribution in [1.82, 2.24) is 15.2 Å². The van der Waals surface area contributed by atoms with Gasteiger partial charge in [0.05, 0.1) is 0 Å². The van der Waals surface area contributed by atoms with Crippen LogP contribution >= 0.6 is 24.8 Å². The molecule has 0 bridgehead atoms. The maximum Gasteiger partial charge on any atom is 0.0457 e. The topological polar surface area (TPSA) is 31.1 Å². The summed E-state index contributed by atoms with van der Waals surface area (Å²) >= 11 is 0. The third-order valence-electron chi connectivity index (χ3n) is 4.66. The summed E-state index contributed by atoms with van der Waals surface area (Å²) in [5.74, 6) is 0. The molecule has 2 heterocycles. The lowest BCUT2D eigenvalue weighted by Crippen LogP contribution is -2.45. The van der Waals surface area contributed by atoms with Gasteiger partial charge in [-0.05, 0) is 24.1 Å². The fourth-order valence-electron chi connectivity index (χ4n) is 3.52. The minimum atomic E-state index is 0. The standard InChI is InChI=1S/C18H27N3.2ClH/c1-2-3-4-8-18(21-13-11-19-12-14-21)16-6-5-7-17-15(16)9-10-20-17;;/h5-7,9-10,18-20H,2-4,8,11-14H2,1H3;2*1H/t18-;;/m0../s1. The van der Waals surface area contributed by atoms with Crippen LogP contribution < -0.4 is 5.32 Å². The second-order valence-electron chi connectivity index (χ2n) is 6.08. The summed E-state index contributed by atoms with van der Waals surface area (Å²) in [6.45, 7) is 6.85. The van der Waals surface area contributed by atoms with E-state index < -0.39 is 0 Å². The molecule has 3 rings (SSSR count). The summed E-state index contributed by atoms with van der Waals surface area (Å²) < 4.78 is 0. The predicted molar refractivity (Wildman–Crippen MR) is 104 cm³/mol. The first-order chi connectivity index (χ1) is 10.4. The molecule has 1 fully saturated rings. The van der Waals surface area contributed by atoms with Crippen molar-refractivity contribution in [3.8, 4) is 0 Å². The molecule has 1 saturated heterocycles. The largest absolute Gasteiger partial charge is 0.361 e. The SMILES string of the molecule is CCCCC[C@@H](c1cccc2[nH]ccc12)N1CCNCC1.Cl.Cl. The molecule has 130 valence electrons. The van der Waals surface area contributed by atoms with Gasteiger partial charge in [-0.3, -0.25) is 4.90 Å². The van der Waals surface area contributed by atoms with Gasteiger partial charge in [0.2, 0.25) is 0 Å². The van der Waals surface area contributed by atoms with E-state index in [2.05, 4.69) is 52.6 Å². The molecule has 0 spiro atoms. The maximum absolute atomic E-state index is 3.47. The van der Waals surface area contributed by atoms with E-state index in [-0.39, 0.29) is 24.8 Å². The van der Waals surface area contributed by atoms with Crippen LogP contribution in [0, 0.1) is 0 Å². The van der Waals surface area contributed by atoms with E-state index in [0.29, 0.717) is 6.04 Å². The number of hydrogen-bond donors (Lipinski definition) is 2. The van der Waals surface area contributed by atoms with Crippen molar-refractivity contribution in [3.05, 3.63) is 36.0 Å². The first kappa shape index (κ1) is 20.3. The summed E-state index contributed by atoms with van der Waals surface area (Å²) in [7, 11) is 0. The Hall–Kier alpha value is -0.740. The zero-order valence-electron chi connectivity index (χ0n) is 13.9. The number of fused-ring (bicyclic) bond motifs is 1. The number of nitrogens with one attached hydrogen (secondary N) is 2. The van der Waals surface area contributed by atoms with Gasteiger partial charge in [-0.1, -0.05) is 38.3 Å². The van der Waals surface area contributed by atoms with E-state index in [1.54, 1.807) is 0 Å². The molecule has 2 N–H and O–H groups in total. The molecule has 3 nitrogen and oxygen atoms in total. The first-order valence-electron chi connectivity index (χ1n) is 8.41. The van der Waals surface area contributed by atoms with Crippen LogP contribution in [-0.4, -0.2) is 36.1 Å². The number of halogens is 2. The van der Waals surface area contributed by atoms with E-state index in [9.17, 15) is 0 Å². The Bertz CT molecular complexity index is 564. The normalized spacial score (nSPS) is 16.6. The molecule has 0 unspecified atom stereocenters. The van der Waals surface area contributed by atoms with Gasteiger partial charge in [-0.15, -0.1) is 24.8 Å². The maximum atomic E-state index is 3.47. The highest BCUT2D eigenvalue weighted by molar-refractivity contribution is 5.85. The van der Waals surface area contributed by atoms with Gasteiger partial charge >= 0.3 is 0 Å². The van der Waals surface area contributed by atoms with Crippen molar-refractivity contribution in [2.24, 2.45) is 0 Å². The summed E-state index contributed by atoms with van der Waals surface area (Å²) in [4.78, 5) is 6.03. The van der Waals surface area contributed by atoms with Crippen molar-refractivity contribution < 1.29 is 0 Å². The van der Waals surface area contributed by atoms with Gasteiger partial charge in [0, 0.05) is 49.3 Å². The number of hydrogen-bond acceptors (Lipinski definition) is 2. The van der Waals surface area contributed by atoms with E-state index >= 15 is 0 Å². The Balaban J connectivity index is 0.00000132. The third kappa shape index (κ3) is 4.87. The summed E-state index contributed by atoms with van der Waals surface area (Å²) in [5.41, 5.74) is 2.77. The van der Waals surface area contributed by atoms with Crippen molar-refractivity contribution in [1.29, 1.82) is 0 Å². The summed E-state index contributed by atoms with van der Waals surface area (Å²) in [6, 6.07) is 9.51. The Morgan fingerprint density at radius 1 is 1.09 bits per heavy atom. The average molecular weight is 358 g/mol. The van der Waals surface area contributed by atoms with Crippen molar-refractivity contribution in [3.63, 3.8) is 0 Å². The lowest BCUT2D eigenvalue weighted by atomic mass is 9.95. The zero-order chi connectivity index (χ0) is 14.5. The number of rotatable bonds is 6. The highest BCUT2D eigenvalue weighted by atomic mass is 35.5. The fraction of sp³-hybridized carbons (Fsp3) is 0.556. The van der Waals surface area contributed by atoms with Crippen LogP contribution in [0.3, 0.4) is 0 Å². The molecule has 23 heavy (non-hydrogen) atoms. The summed E-state index contributed by atoms with van der Waals surface area (Å²) in [6.07, 6.45) is 7.30. The quantitative estimate of drug-likeness (QED) is 0.743. The van der Waals surface area contributed by atoms with Gasteiger partial charge in [0.15, 0.2) is 0 Å². The third-order valence-corrected chi connectivity index (χ3v) is 4.66. The van der Waals surface area contributed by atoms with Gasteiger partial charge in [-0.2, -0.15) is 0 Å². The number of aromatic nitrogens is 1. The number of H-pyrrole nitrogens is 1. The highest BCUT2D eigenvalue weighted by Gasteiger charge is 2.23. The van der Waals surface area contributed by atoms with Crippen LogP contribution in [0.5, 0.6) is 0 Å². The van der Waals surface area contributed by atoms with E-state index in [1.807, 2.05) is 0 Å². The Kier molecular flexibility index (Phi) is 9.00. The van der Waals surface area contributed by atoms with E-state index in [0.717, 1.165) is 26.2 Å². The van der Waals surface area contributed by atoms with Crippen LogP contribution in [-0.2, 0) is 0 Å². The Labute approximate surface area is 152 Å². The van der Waals surface area contributed by atoms with Crippen molar-refractivity contribution in [2.45, 2.75) is 38.6 Å². The first-order valence-corrected chi connectivity index (χ1v) is 8.41. The molecule has 0 saturated carbocycles. The Morgan fingerprint density at radius 2 is 1.87 bits per heavy atom. The van der Waals surface area contributed by atoms with Crippen molar-refractivity contribution in [2.75, 3.05) is 26.2 Å². The van der Waals surface area contributed by atoms with E-state index in [1.165, 1.54) is 42.1 Å². The molecule has 1 aromatic heterocycles. The van der Waals surface area contributed by atoms with Crippen LogP contribution in [0.25, 0.3) is 10.9 Å². The van der Waals surface area contributed by atoms with Crippen molar-refractivity contribution >= 4 is 35.7 Å². The average Bonchev–Trinajstić information content (AvgIpc) is 3.01. The minimum Gasteiger partial charge on any atom is -0.361 e. The number of nitrogens with zero attached hydrogens (tertiary/aromatic N) is 1. The predicted octanol–water partition coefficient (Wildman–Crippen LogP) is 4.54. The van der Waals surface area contributed by atoms with Gasteiger partial charge < -0.3 is 10.3 Å². The molecule has 0 amide bonds. The number of piperazine rings is 1. The molecule has 0 aliphatic carbocycles. The molecule has 1 aliphatic heterocycles. The van der Waals surface area contributed by atoms with Crippen LogP contribution in [0.15, 0.2) is 30.5 Å². The molecule has 1 atom stereocenters. The molecular formula is C18H29Cl2N3.